The Morgan fingerprint density at radius 3 is 2.60 bits per heavy atom. The molecular weight excluding hydrogens is 340 g/mol. The molecule has 2 fully saturated rings. The van der Waals surface area contributed by atoms with E-state index in [1.54, 1.807) is 10.8 Å². The maximum atomic E-state index is 12.5. The Hall–Kier alpha value is -0.960. The summed E-state index contributed by atoms with van der Waals surface area (Å²) in [6, 6.07) is 0.556. The quantitative estimate of drug-likeness (QED) is 0.817. The van der Waals surface area contributed by atoms with Gasteiger partial charge in [0.25, 0.3) is 10.0 Å². The minimum atomic E-state index is -3.54. The van der Waals surface area contributed by atoms with Gasteiger partial charge in [-0.25, -0.2) is 18.1 Å². The van der Waals surface area contributed by atoms with Crippen LogP contribution in [0.5, 0.6) is 0 Å². The summed E-state index contributed by atoms with van der Waals surface area (Å²) in [6.45, 7) is 8.28. The molecule has 1 atom stereocenters. The summed E-state index contributed by atoms with van der Waals surface area (Å²) in [5.41, 5.74) is 0. The first-order valence-electron chi connectivity index (χ1n) is 9.21. The maximum Gasteiger partial charge on any atom is 0.259 e. The number of rotatable bonds is 6. The van der Waals surface area contributed by atoms with E-state index in [2.05, 4.69) is 14.6 Å². The van der Waals surface area contributed by atoms with E-state index in [1.165, 1.54) is 0 Å². The average molecular weight is 371 g/mol. The first-order chi connectivity index (χ1) is 11.9. The van der Waals surface area contributed by atoms with E-state index >= 15 is 0 Å². The number of hydrogen-bond donors (Lipinski definition) is 1. The summed E-state index contributed by atoms with van der Waals surface area (Å²) in [5.74, 6) is 1.37. The molecule has 0 aliphatic carbocycles. The number of imidazole rings is 1. The van der Waals surface area contributed by atoms with Crippen LogP contribution in [-0.2, 0) is 21.8 Å². The highest BCUT2D eigenvalue weighted by atomic mass is 32.2. The minimum absolute atomic E-state index is 0.124. The Morgan fingerprint density at radius 2 is 2.04 bits per heavy atom. The summed E-state index contributed by atoms with van der Waals surface area (Å²) in [4.78, 5) is 6.79. The van der Waals surface area contributed by atoms with Crippen molar-refractivity contribution in [1.29, 1.82) is 0 Å². The predicted molar refractivity (Wildman–Crippen MR) is 96.0 cm³/mol. The van der Waals surface area contributed by atoms with E-state index in [1.807, 2.05) is 20.9 Å². The van der Waals surface area contributed by atoms with Crippen molar-refractivity contribution >= 4 is 10.0 Å². The van der Waals surface area contributed by atoms with Crippen LogP contribution in [0.25, 0.3) is 0 Å². The van der Waals surface area contributed by atoms with Crippen LogP contribution in [0.3, 0.4) is 0 Å². The van der Waals surface area contributed by atoms with E-state index in [0.717, 1.165) is 51.4 Å². The molecule has 7 nitrogen and oxygen atoms in total. The molecule has 8 heteroatoms. The van der Waals surface area contributed by atoms with Crippen molar-refractivity contribution in [3.63, 3.8) is 0 Å². The highest BCUT2D eigenvalue weighted by molar-refractivity contribution is 7.89. The lowest BCUT2D eigenvalue weighted by molar-refractivity contribution is 0.111. The third-order valence-corrected chi connectivity index (χ3v) is 6.61. The van der Waals surface area contributed by atoms with Crippen LogP contribution in [0.15, 0.2) is 11.2 Å². The van der Waals surface area contributed by atoms with Gasteiger partial charge in [0.15, 0.2) is 5.03 Å². The van der Waals surface area contributed by atoms with E-state index in [9.17, 15) is 8.42 Å². The Bertz CT molecular complexity index is 672. The van der Waals surface area contributed by atoms with Gasteiger partial charge < -0.3 is 9.30 Å². The number of nitrogens with zero attached hydrogens (tertiary/aromatic N) is 3. The molecule has 1 aromatic rings. The highest BCUT2D eigenvalue weighted by Crippen LogP contribution is 2.22. The summed E-state index contributed by atoms with van der Waals surface area (Å²) >= 11 is 0. The van der Waals surface area contributed by atoms with Gasteiger partial charge in [0.1, 0.15) is 5.82 Å². The number of aromatic nitrogens is 2. The third-order valence-electron chi connectivity index (χ3n) is 5.32. The molecule has 2 saturated heterocycles. The second kappa shape index (κ2) is 7.73. The Balaban J connectivity index is 1.52. The van der Waals surface area contributed by atoms with Crippen LogP contribution in [-0.4, -0.2) is 61.8 Å². The fourth-order valence-electron chi connectivity index (χ4n) is 3.75. The van der Waals surface area contributed by atoms with Crippen molar-refractivity contribution in [2.75, 3.05) is 32.8 Å². The second-order valence-electron chi connectivity index (χ2n) is 7.55. The van der Waals surface area contributed by atoms with Crippen LogP contribution in [0.4, 0.5) is 0 Å². The first kappa shape index (κ1) is 18.8. The molecule has 2 aliphatic heterocycles. The fourth-order valence-corrected chi connectivity index (χ4v) is 4.87. The molecule has 0 aromatic carbocycles. The summed E-state index contributed by atoms with van der Waals surface area (Å²) in [7, 11) is -1.70. The molecule has 0 spiro atoms. The zero-order chi connectivity index (χ0) is 18.0. The number of sulfonamides is 1. The van der Waals surface area contributed by atoms with Gasteiger partial charge in [0, 0.05) is 38.4 Å². The van der Waals surface area contributed by atoms with Gasteiger partial charge in [-0.1, -0.05) is 13.8 Å². The van der Waals surface area contributed by atoms with Crippen molar-refractivity contribution < 1.29 is 13.2 Å². The maximum absolute atomic E-state index is 12.5. The molecule has 1 N–H and O–H groups in total. The van der Waals surface area contributed by atoms with Gasteiger partial charge in [-0.05, 0) is 38.3 Å². The minimum Gasteiger partial charge on any atom is -0.380 e. The summed E-state index contributed by atoms with van der Waals surface area (Å²) in [5, 5.41) is 0.124. The third kappa shape index (κ3) is 4.42. The summed E-state index contributed by atoms with van der Waals surface area (Å²) in [6.07, 6.45) is 4.77. The first-order valence-corrected chi connectivity index (χ1v) is 10.7. The monoisotopic (exact) mass is 370 g/mol. The molecule has 0 saturated carbocycles. The van der Waals surface area contributed by atoms with E-state index < -0.39 is 10.0 Å². The number of ether oxygens (including phenoxy) is 1. The van der Waals surface area contributed by atoms with Crippen molar-refractivity contribution in [3.05, 3.63) is 12.0 Å². The second-order valence-corrected chi connectivity index (χ2v) is 9.27. The van der Waals surface area contributed by atoms with Gasteiger partial charge >= 0.3 is 0 Å². The number of piperidine rings is 1. The zero-order valence-corrected chi connectivity index (χ0v) is 16.3. The van der Waals surface area contributed by atoms with Crippen molar-refractivity contribution in [1.82, 2.24) is 19.2 Å². The van der Waals surface area contributed by atoms with Crippen LogP contribution in [0.2, 0.25) is 0 Å². The Morgan fingerprint density at radius 1 is 1.32 bits per heavy atom. The zero-order valence-electron chi connectivity index (χ0n) is 15.4. The molecule has 2 aliphatic rings. The molecular formula is C17H30N4O3S. The van der Waals surface area contributed by atoms with Crippen molar-refractivity contribution in [2.24, 2.45) is 13.0 Å². The molecule has 0 amide bonds. The number of nitrogens with one attached hydrogen (secondary N) is 1. The molecule has 142 valence electrons. The number of aryl methyl sites for hydroxylation is 1. The van der Waals surface area contributed by atoms with Crippen LogP contribution >= 0.6 is 0 Å². The lowest BCUT2D eigenvalue weighted by atomic mass is 9.96. The van der Waals surface area contributed by atoms with Crippen molar-refractivity contribution in [3.8, 4) is 0 Å². The Labute approximate surface area is 150 Å². The smallest absolute Gasteiger partial charge is 0.259 e. The molecule has 25 heavy (non-hydrogen) atoms. The Kier molecular flexibility index (Phi) is 5.82. The predicted octanol–water partition coefficient (Wildman–Crippen LogP) is 1.32. The SMILES string of the molecule is CC(C)c1nc(S(=O)(=O)NCC2CCN([C@H]3CCOC3)CC2)cn1C. The normalized spacial score (nSPS) is 23.6. The molecule has 3 heterocycles. The molecule has 3 rings (SSSR count). The fraction of sp³-hybridized carbons (Fsp3) is 0.824. The van der Waals surface area contributed by atoms with Gasteiger partial charge in [-0.15, -0.1) is 0 Å². The summed E-state index contributed by atoms with van der Waals surface area (Å²) < 4.78 is 35.1. The van der Waals surface area contributed by atoms with E-state index in [0.29, 0.717) is 18.5 Å². The van der Waals surface area contributed by atoms with Crippen LogP contribution in [0.1, 0.15) is 44.9 Å². The standard InChI is InChI=1S/C17H30N4O3S/c1-13(2)17-19-16(11-20(17)3)25(22,23)18-10-14-4-7-21(8-5-14)15-6-9-24-12-15/h11,13-15,18H,4-10,12H2,1-3H3/t15-/m0/s1. The van der Waals surface area contributed by atoms with Crippen LogP contribution < -0.4 is 4.72 Å². The van der Waals surface area contributed by atoms with Gasteiger partial charge in [-0.2, -0.15) is 0 Å². The van der Waals surface area contributed by atoms with E-state index in [-0.39, 0.29) is 10.9 Å². The van der Waals surface area contributed by atoms with Gasteiger partial charge in [0.2, 0.25) is 0 Å². The molecule has 0 radical (unpaired) electrons. The molecule has 0 unspecified atom stereocenters. The van der Waals surface area contributed by atoms with Crippen molar-refractivity contribution in [2.45, 2.75) is 50.1 Å². The number of hydrogen-bond acceptors (Lipinski definition) is 5. The van der Waals surface area contributed by atoms with Crippen LogP contribution in [0, 0.1) is 5.92 Å². The largest absolute Gasteiger partial charge is 0.380 e. The average Bonchev–Trinajstić information content (AvgIpc) is 3.23. The molecule has 1 aromatic heterocycles. The highest BCUT2D eigenvalue weighted by Gasteiger charge is 2.29. The van der Waals surface area contributed by atoms with Gasteiger partial charge in [-0.3, -0.25) is 4.90 Å². The van der Waals surface area contributed by atoms with Gasteiger partial charge in [0.05, 0.1) is 6.61 Å². The lowest BCUT2D eigenvalue weighted by Gasteiger charge is -2.35. The molecule has 0 bridgehead atoms. The van der Waals surface area contributed by atoms with E-state index in [4.69, 9.17) is 4.74 Å². The topological polar surface area (TPSA) is 76.5 Å². The lowest BCUT2D eigenvalue weighted by Crippen LogP contribution is -2.43. The number of likely N-dealkylation sites (tertiary alicyclic amines) is 1.